The second-order valence-corrected chi connectivity index (χ2v) is 15.3. The van der Waals surface area contributed by atoms with E-state index in [-0.39, 0.29) is 6.61 Å². The fourth-order valence-electron chi connectivity index (χ4n) is 7.71. The average Bonchev–Trinajstić information content (AvgIpc) is 3.25. The van der Waals surface area contributed by atoms with Gasteiger partial charge in [0, 0.05) is 6.92 Å². The van der Waals surface area contributed by atoms with Gasteiger partial charge in [-0.05, 0) is 0 Å². The summed E-state index contributed by atoms with van der Waals surface area (Å²) < 4.78 is 56.3. The fourth-order valence-corrected chi connectivity index (χ4v) is 7.71. The first-order valence-corrected chi connectivity index (χ1v) is 19.7. The van der Waals surface area contributed by atoms with Crippen molar-refractivity contribution < 1.29 is 129 Å². The van der Waals surface area contributed by atoms with Crippen LogP contribution >= 0.6 is 0 Å². The zero-order valence-electron chi connectivity index (χ0n) is 33.2. The Bertz CT molecular complexity index is 1400. The summed E-state index contributed by atoms with van der Waals surface area (Å²) in [7, 11) is 0. The van der Waals surface area contributed by atoms with E-state index in [4.69, 9.17) is 47.4 Å². The summed E-state index contributed by atoms with van der Waals surface area (Å²) in [4.78, 5) is 12.5. The van der Waals surface area contributed by atoms with Crippen LogP contribution in [0, 0.1) is 0 Å². The number of hydrogen-bond donors (Lipinski definition) is 16. The van der Waals surface area contributed by atoms with Crippen molar-refractivity contribution in [3.63, 3.8) is 0 Å². The largest absolute Gasteiger partial charge is 0.394 e. The van der Waals surface area contributed by atoms with E-state index in [1.807, 2.05) is 0 Å². The maximum atomic E-state index is 12.5. The number of rotatable bonds is 17. The second kappa shape index (κ2) is 22.6. The second-order valence-electron chi connectivity index (χ2n) is 15.3. The zero-order valence-corrected chi connectivity index (χ0v) is 33.2. The van der Waals surface area contributed by atoms with Gasteiger partial charge in [0.25, 0.3) is 0 Å². The number of amides is 1. The van der Waals surface area contributed by atoms with E-state index < -0.39 is 192 Å². The van der Waals surface area contributed by atoms with E-state index in [9.17, 15) is 81.4 Å². The van der Waals surface area contributed by atoms with Crippen LogP contribution in [0.4, 0.5) is 0 Å². The Kier molecular flexibility index (Phi) is 18.7. The average molecular weight is 910 g/mol. The Morgan fingerprint density at radius 1 is 0.468 bits per heavy atom. The minimum Gasteiger partial charge on any atom is -0.394 e. The first kappa shape index (κ1) is 51.2. The summed E-state index contributed by atoms with van der Waals surface area (Å²) in [6.07, 6.45) is -42.0. The number of hydrogen-bond acceptors (Lipinski definition) is 26. The highest BCUT2D eigenvalue weighted by atomic mass is 16.8. The van der Waals surface area contributed by atoms with Gasteiger partial charge in [0.15, 0.2) is 31.5 Å². The Labute approximate surface area is 352 Å². The Balaban J connectivity index is 1.34. The molecule has 1 amide bonds. The molecule has 27 heteroatoms. The summed E-state index contributed by atoms with van der Waals surface area (Å²) in [5, 5.41) is 161. The van der Waals surface area contributed by atoms with Crippen molar-refractivity contribution >= 4 is 5.91 Å². The van der Waals surface area contributed by atoms with E-state index in [0.29, 0.717) is 0 Å². The lowest BCUT2D eigenvalue weighted by molar-refractivity contribution is -0.388. The van der Waals surface area contributed by atoms with E-state index in [1.54, 1.807) is 0 Å². The lowest BCUT2D eigenvalue weighted by Crippen LogP contribution is -2.70. The molecule has 5 rings (SSSR count). The van der Waals surface area contributed by atoms with Gasteiger partial charge >= 0.3 is 0 Å². The molecule has 0 spiro atoms. The number of aliphatic hydroxyl groups excluding tert-OH is 15. The van der Waals surface area contributed by atoms with Crippen LogP contribution in [0.3, 0.4) is 0 Å². The molecular formula is C35H59NO26. The van der Waals surface area contributed by atoms with Gasteiger partial charge in [0.05, 0.1) is 39.6 Å². The summed E-state index contributed by atoms with van der Waals surface area (Å²) >= 11 is 0. The quantitative estimate of drug-likeness (QED) is 0.0603. The summed E-state index contributed by atoms with van der Waals surface area (Å²) in [6.45, 7) is -0.107. The third-order valence-electron chi connectivity index (χ3n) is 11.1. The molecule has 5 aliphatic rings. The molecule has 0 bridgehead atoms. The van der Waals surface area contributed by atoms with Crippen molar-refractivity contribution in [2.75, 3.05) is 39.6 Å². The van der Waals surface area contributed by atoms with Crippen molar-refractivity contribution in [2.45, 2.75) is 160 Å². The van der Waals surface area contributed by atoms with Crippen molar-refractivity contribution in [2.24, 2.45) is 0 Å². The molecule has 360 valence electrons. The molecule has 62 heavy (non-hydrogen) atoms. The third kappa shape index (κ3) is 10.9. The number of carbonyl (C=O) groups excluding carboxylic acids is 1. The summed E-state index contributed by atoms with van der Waals surface area (Å²) in [5.41, 5.74) is 0. The Morgan fingerprint density at radius 2 is 0.839 bits per heavy atom. The van der Waals surface area contributed by atoms with Crippen LogP contribution in [0.5, 0.6) is 0 Å². The topological polar surface area (TPSA) is 425 Å². The number of ether oxygens (including phenoxy) is 10. The molecule has 5 aliphatic heterocycles. The van der Waals surface area contributed by atoms with Crippen LogP contribution in [-0.2, 0) is 52.2 Å². The van der Waals surface area contributed by atoms with Crippen LogP contribution < -0.4 is 5.32 Å². The first-order valence-electron chi connectivity index (χ1n) is 19.7. The van der Waals surface area contributed by atoms with Gasteiger partial charge < -0.3 is 129 Å². The van der Waals surface area contributed by atoms with E-state index in [2.05, 4.69) is 11.9 Å². The lowest BCUT2D eigenvalue weighted by Gasteiger charge is -2.50. The summed E-state index contributed by atoms with van der Waals surface area (Å²) in [5.74, 6) is -0.802. The number of carbonyl (C=O) groups is 1. The fraction of sp³-hybridized carbons (Fsp3) is 0.914. The molecule has 0 aliphatic carbocycles. The SMILES string of the molecule is C=CCO[C@@H]1O[C@H](CO)[C@H](O[C@@H]2O[C@H](CO)[C@H](O[C@H]3O[C@H](CO)[C@H](O)[C@H](O[C@@H]4O[C@H](CO)[C@H](O)[C@H](O[C@@H]5O[C@H](CO)[C@H](O)[C@H](O)[C@H]5O)[C@H]4NC(C)=O)[C@H]3O)[C@H](O)[C@H]2O)[C@H](O)[C@H]1O. The van der Waals surface area contributed by atoms with Gasteiger partial charge in [-0.1, -0.05) is 6.08 Å². The molecule has 0 radical (unpaired) electrons. The number of aliphatic hydroxyl groups is 15. The zero-order chi connectivity index (χ0) is 45.7. The minimum absolute atomic E-state index is 0.0944. The molecule has 5 fully saturated rings. The maximum Gasteiger partial charge on any atom is 0.217 e. The highest BCUT2D eigenvalue weighted by molar-refractivity contribution is 5.73. The smallest absolute Gasteiger partial charge is 0.217 e. The van der Waals surface area contributed by atoms with Crippen molar-refractivity contribution in [1.29, 1.82) is 0 Å². The molecule has 5 saturated heterocycles. The van der Waals surface area contributed by atoms with E-state index in [0.717, 1.165) is 6.92 Å². The molecule has 0 aromatic rings. The first-order chi connectivity index (χ1) is 29.5. The van der Waals surface area contributed by atoms with Gasteiger partial charge in [-0.25, -0.2) is 0 Å². The normalized spacial score (nSPS) is 49.0. The number of nitrogens with one attached hydrogen (secondary N) is 1. The lowest BCUT2D eigenvalue weighted by atomic mass is 9.94. The van der Waals surface area contributed by atoms with Crippen LogP contribution in [0.2, 0.25) is 0 Å². The summed E-state index contributed by atoms with van der Waals surface area (Å²) in [6, 6.07) is -1.67. The van der Waals surface area contributed by atoms with E-state index >= 15 is 0 Å². The third-order valence-corrected chi connectivity index (χ3v) is 11.1. The van der Waals surface area contributed by atoms with Crippen LogP contribution in [0.15, 0.2) is 12.7 Å². The van der Waals surface area contributed by atoms with Crippen molar-refractivity contribution in [3.8, 4) is 0 Å². The van der Waals surface area contributed by atoms with Crippen LogP contribution in [-0.4, -0.2) is 276 Å². The molecule has 0 unspecified atom stereocenters. The highest BCUT2D eigenvalue weighted by Gasteiger charge is 2.57. The molecule has 16 N–H and O–H groups in total. The molecular weight excluding hydrogens is 850 g/mol. The van der Waals surface area contributed by atoms with Crippen LogP contribution in [0.25, 0.3) is 0 Å². The molecule has 25 atom stereocenters. The van der Waals surface area contributed by atoms with Crippen molar-refractivity contribution in [1.82, 2.24) is 5.32 Å². The molecule has 5 heterocycles. The van der Waals surface area contributed by atoms with Gasteiger partial charge in [0.1, 0.15) is 122 Å². The van der Waals surface area contributed by atoms with Crippen LogP contribution in [0.1, 0.15) is 6.92 Å². The predicted molar refractivity (Wildman–Crippen MR) is 192 cm³/mol. The molecule has 0 aromatic heterocycles. The molecule has 0 saturated carbocycles. The molecule has 27 nitrogen and oxygen atoms in total. The van der Waals surface area contributed by atoms with Gasteiger partial charge in [0.2, 0.25) is 5.91 Å². The maximum absolute atomic E-state index is 12.5. The standard InChI is InChI=1S/C35H59NO26/c1-3-4-53-32-24(50)21(47)27(14(8-40)57-32)59-34-25(51)22(48)28(15(9-41)58-34)60-35-26(52)30(19(45)13(7-39)56-35)62-31-16(36-10(2)42)29(18(44)12(6-38)54-31)61-33-23(49)20(46)17(43)11(5-37)55-33/h3,11-35,37-41,43-52H,1,4-9H2,2H3,(H,36,42)/t11-,12-,13-,14-,15-,16-,17+,18+,19+,20+,21-,22-,23-,24-,25-,26-,27+,28+,29-,30+,31+,32-,33+,34+,35-/m1/s1. The monoisotopic (exact) mass is 909 g/mol. The highest BCUT2D eigenvalue weighted by Crippen LogP contribution is 2.36. The Morgan fingerprint density at radius 3 is 1.32 bits per heavy atom. The van der Waals surface area contributed by atoms with Gasteiger partial charge in [-0.15, -0.1) is 6.58 Å². The Hall–Kier alpha value is -1.79. The van der Waals surface area contributed by atoms with E-state index in [1.165, 1.54) is 6.08 Å². The van der Waals surface area contributed by atoms with Gasteiger partial charge in [-0.3, -0.25) is 4.79 Å². The van der Waals surface area contributed by atoms with Gasteiger partial charge in [-0.2, -0.15) is 0 Å². The molecule has 0 aromatic carbocycles. The van der Waals surface area contributed by atoms with Crippen molar-refractivity contribution in [3.05, 3.63) is 12.7 Å². The predicted octanol–water partition coefficient (Wildman–Crippen LogP) is -10.6. The minimum atomic E-state index is -2.14.